The third kappa shape index (κ3) is 3.82. The Morgan fingerprint density at radius 1 is 1.47 bits per heavy atom. The second-order valence-corrected chi connectivity index (χ2v) is 4.79. The standard InChI is InChI=1S/C13H18BrNO2/c1-3-15(7-4-8-16)13-6-5-11(14)9-12(13)10(2)17/h5-6,9,16H,3-4,7-8H2,1-2H3. The first-order valence-corrected chi connectivity index (χ1v) is 6.55. The molecule has 94 valence electrons. The lowest BCUT2D eigenvalue weighted by Gasteiger charge is -2.25. The highest BCUT2D eigenvalue weighted by molar-refractivity contribution is 9.10. The number of hydrogen-bond acceptors (Lipinski definition) is 3. The predicted octanol–water partition coefficient (Wildman–Crippen LogP) is 2.86. The predicted molar refractivity (Wildman–Crippen MR) is 73.7 cm³/mol. The first-order chi connectivity index (χ1) is 8.10. The van der Waals surface area contributed by atoms with Crippen molar-refractivity contribution in [3.63, 3.8) is 0 Å². The van der Waals surface area contributed by atoms with Crippen molar-refractivity contribution in [2.45, 2.75) is 20.3 Å². The Kier molecular flexibility index (Phi) is 5.65. The van der Waals surface area contributed by atoms with Gasteiger partial charge in [-0.15, -0.1) is 0 Å². The van der Waals surface area contributed by atoms with Gasteiger partial charge in [0.25, 0.3) is 0 Å². The molecule has 0 aromatic heterocycles. The minimum atomic E-state index is 0.0590. The topological polar surface area (TPSA) is 40.5 Å². The van der Waals surface area contributed by atoms with E-state index in [-0.39, 0.29) is 12.4 Å². The molecule has 0 aliphatic heterocycles. The second-order valence-electron chi connectivity index (χ2n) is 3.87. The van der Waals surface area contributed by atoms with Gasteiger partial charge in [0.05, 0.1) is 0 Å². The Labute approximate surface area is 111 Å². The lowest BCUT2D eigenvalue weighted by molar-refractivity contribution is 0.101. The van der Waals surface area contributed by atoms with Crippen LogP contribution >= 0.6 is 15.9 Å². The van der Waals surface area contributed by atoms with Crippen LogP contribution in [-0.4, -0.2) is 30.6 Å². The van der Waals surface area contributed by atoms with Gasteiger partial charge < -0.3 is 10.0 Å². The van der Waals surface area contributed by atoms with Crippen LogP contribution in [0.25, 0.3) is 0 Å². The Morgan fingerprint density at radius 3 is 2.71 bits per heavy atom. The van der Waals surface area contributed by atoms with Gasteiger partial charge in [0.15, 0.2) is 5.78 Å². The maximum atomic E-state index is 11.6. The van der Waals surface area contributed by atoms with Crippen molar-refractivity contribution in [3.8, 4) is 0 Å². The number of ketones is 1. The molecular formula is C13H18BrNO2. The first kappa shape index (κ1) is 14.2. The molecule has 0 unspecified atom stereocenters. The summed E-state index contributed by atoms with van der Waals surface area (Å²) in [5.41, 5.74) is 1.66. The number of nitrogens with zero attached hydrogens (tertiary/aromatic N) is 1. The van der Waals surface area contributed by atoms with Crippen LogP contribution in [0.5, 0.6) is 0 Å². The van der Waals surface area contributed by atoms with Crippen LogP contribution in [0.1, 0.15) is 30.6 Å². The van der Waals surface area contributed by atoms with Gasteiger partial charge in [-0.05, 0) is 38.5 Å². The minimum Gasteiger partial charge on any atom is -0.396 e. The minimum absolute atomic E-state index is 0.0590. The van der Waals surface area contributed by atoms with Gasteiger partial charge in [0, 0.05) is 35.4 Å². The Morgan fingerprint density at radius 2 is 2.18 bits per heavy atom. The summed E-state index contributed by atoms with van der Waals surface area (Å²) in [7, 11) is 0. The van der Waals surface area contributed by atoms with Gasteiger partial charge in [0.2, 0.25) is 0 Å². The Balaban J connectivity index is 3.05. The molecule has 1 N–H and O–H groups in total. The molecule has 0 fully saturated rings. The quantitative estimate of drug-likeness (QED) is 0.821. The lowest BCUT2D eigenvalue weighted by atomic mass is 10.1. The maximum absolute atomic E-state index is 11.6. The fourth-order valence-corrected chi connectivity index (χ4v) is 2.14. The average molecular weight is 300 g/mol. The number of benzene rings is 1. The molecule has 17 heavy (non-hydrogen) atoms. The fourth-order valence-electron chi connectivity index (χ4n) is 1.78. The van der Waals surface area contributed by atoms with E-state index in [4.69, 9.17) is 5.11 Å². The van der Waals surface area contributed by atoms with Crippen molar-refractivity contribution in [3.05, 3.63) is 28.2 Å². The van der Waals surface area contributed by atoms with E-state index in [0.717, 1.165) is 28.8 Å². The number of aliphatic hydroxyl groups excluding tert-OH is 1. The summed E-state index contributed by atoms with van der Waals surface area (Å²) in [5, 5.41) is 8.88. The third-order valence-corrected chi connectivity index (χ3v) is 3.14. The van der Waals surface area contributed by atoms with Crippen LogP contribution in [0.15, 0.2) is 22.7 Å². The molecule has 0 heterocycles. The SMILES string of the molecule is CCN(CCCO)c1ccc(Br)cc1C(C)=O. The highest BCUT2D eigenvalue weighted by Crippen LogP contribution is 2.25. The van der Waals surface area contributed by atoms with Gasteiger partial charge >= 0.3 is 0 Å². The van der Waals surface area contributed by atoms with E-state index in [1.165, 1.54) is 0 Å². The van der Waals surface area contributed by atoms with E-state index in [2.05, 4.69) is 20.8 Å². The third-order valence-electron chi connectivity index (χ3n) is 2.65. The molecule has 0 atom stereocenters. The molecule has 1 aromatic rings. The number of carbonyl (C=O) groups is 1. The van der Waals surface area contributed by atoms with Crippen LogP contribution in [0.3, 0.4) is 0 Å². The molecule has 0 amide bonds. The number of anilines is 1. The molecule has 0 radical (unpaired) electrons. The van der Waals surface area contributed by atoms with E-state index in [1.807, 2.05) is 25.1 Å². The van der Waals surface area contributed by atoms with E-state index in [1.54, 1.807) is 6.92 Å². The smallest absolute Gasteiger partial charge is 0.161 e. The largest absolute Gasteiger partial charge is 0.396 e. The van der Waals surface area contributed by atoms with Crippen molar-refractivity contribution in [2.75, 3.05) is 24.6 Å². The molecule has 1 rings (SSSR count). The van der Waals surface area contributed by atoms with Crippen LogP contribution in [0.4, 0.5) is 5.69 Å². The summed E-state index contributed by atoms with van der Waals surface area (Å²) in [5.74, 6) is 0.0590. The molecular weight excluding hydrogens is 282 g/mol. The number of carbonyl (C=O) groups excluding carboxylic acids is 1. The van der Waals surface area contributed by atoms with Crippen molar-refractivity contribution in [2.24, 2.45) is 0 Å². The molecule has 1 aromatic carbocycles. The number of aliphatic hydroxyl groups is 1. The van der Waals surface area contributed by atoms with Crippen LogP contribution in [0.2, 0.25) is 0 Å². The number of hydrogen-bond donors (Lipinski definition) is 1. The van der Waals surface area contributed by atoms with E-state index < -0.39 is 0 Å². The van der Waals surface area contributed by atoms with E-state index in [9.17, 15) is 4.79 Å². The zero-order chi connectivity index (χ0) is 12.8. The molecule has 0 bridgehead atoms. The Bertz CT molecular complexity index is 393. The first-order valence-electron chi connectivity index (χ1n) is 5.76. The molecule has 0 spiro atoms. The maximum Gasteiger partial charge on any atom is 0.161 e. The fraction of sp³-hybridized carbons (Fsp3) is 0.462. The average Bonchev–Trinajstić information content (AvgIpc) is 2.31. The van der Waals surface area contributed by atoms with Gasteiger partial charge in [-0.1, -0.05) is 15.9 Å². The zero-order valence-corrected chi connectivity index (χ0v) is 11.8. The van der Waals surface area contributed by atoms with Crippen molar-refractivity contribution in [1.82, 2.24) is 0 Å². The summed E-state index contributed by atoms with van der Waals surface area (Å²) in [6.45, 7) is 5.37. The molecule has 0 aliphatic carbocycles. The number of halogens is 1. The summed E-state index contributed by atoms with van der Waals surface area (Å²) < 4.78 is 0.907. The molecule has 0 saturated heterocycles. The van der Waals surface area contributed by atoms with Crippen LogP contribution in [0, 0.1) is 0 Å². The summed E-state index contributed by atoms with van der Waals surface area (Å²) in [6.07, 6.45) is 0.710. The molecule has 0 saturated carbocycles. The van der Waals surface area contributed by atoms with Crippen molar-refractivity contribution < 1.29 is 9.90 Å². The second kappa shape index (κ2) is 6.77. The monoisotopic (exact) mass is 299 g/mol. The van der Waals surface area contributed by atoms with Crippen LogP contribution in [-0.2, 0) is 0 Å². The van der Waals surface area contributed by atoms with E-state index in [0.29, 0.717) is 6.42 Å². The summed E-state index contributed by atoms with van der Waals surface area (Å²) in [4.78, 5) is 13.7. The highest BCUT2D eigenvalue weighted by atomic mass is 79.9. The van der Waals surface area contributed by atoms with Crippen molar-refractivity contribution in [1.29, 1.82) is 0 Å². The molecule has 0 aliphatic rings. The number of rotatable bonds is 6. The summed E-state index contributed by atoms with van der Waals surface area (Å²) in [6, 6.07) is 5.73. The normalized spacial score (nSPS) is 10.4. The molecule has 3 nitrogen and oxygen atoms in total. The highest BCUT2D eigenvalue weighted by Gasteiger charge is 2.13. The number of Topliss-reactive ketones (excluding diaryl/α,β-unsaturated/α-hetero) is 1. The van der Waals surface area contributed by atoms with Gasteiger partial charge in [-0.25, -0.2) is 0 Å². The van der Waals surface area contributed by atoms with Gasteiger partial charge in [-0.2, -0.15) is 0 Å². The molecule has 4 heteroatoms. The van der Waals surface area contributed by atoms with Crippen LogP contribution < -0.4 is 4.90 Å². The van der Waals surface area contributed by atoms with E-state index >= 15 is 0 Å². The van der Waals surface area contributed by atoms with Crippen molar-refractivity contribution >= 4 is 27.4 Å². The Hall–Kier alpha value is -0.870. The van der Waals surface area contributed by atoms with Gasteiger partial charge in [-0.3, -0.25) is 4.79 Å². The lowest BCUT2D eigenvalue weighted by Crippen LogP contribution is -2.26. The zero-order valence-electron chi connectivity index (χ0n) is 10.2. The van der Waals surface area contributed by atoms with Gasteiger partial charge in [0.1, 0.15) is 0 Å². The summed E-state index contributed by atoms with van der Waals surface area (Å²) >= 11 is 3.38.